The van der Waals surface area contributed by atoms with Crippen LogP contribution in [0, 0.1) is 0 Å². The van der Waals surface area contributed by atoms with Crippen LogP contribution >= 0.6 is 0 Å². The summed E-state index contributed by atoms with van der Waals surface area (Å²) < 4.78 is 12.6. The van der Waals surface area contributed by atoms with E-state index in [1.165, 1.54) is 4.57 Å². The van der Waals surface area contributed by atoms with E-state index in [-0.39, 0.29) is 11.6 Å². The quantitative estimate of drug-likeness (QED) is 0.206. The molecular weight excluding hydrogens is 488 g/mol. The molecule has 10 nitrogen and oxygen atoms in total. The van der Waals surface area contributed by atoms with Gasteiger partial charge in [0.2, 0.25) is 0 Å². The summed E-state index contributed by atoms with van der Waals surface area (Å²) in [7, 11) is 1.59. The van der Waals surface area contributed by atoms with Crippen molar-refractivity contribution >= 4 is 33.8 Å². The van der Waals surface area contributed by atoms with Crippen LogP contribution in [0.25, 0.3) is 33.1 Å². The van der Waals surface area contributed by atoms with Crippen LogP contribution in [0.2, 0.25) is 0 Å². The highest BCUT2D eigenvalue weighted by Gasteiger charge is 2.26. The number of nitrogens with one attached hydrogen (secondary N) is 2. The predicted octanol–water partition coefficient (Wildman–Crippen LogP) is 5.07. The van der Waals surface area contributed by atoms with Crippen molar-refractivity contribution in [1.29, 1.82) is 0 Å². The fourth-order valence-corrected chi connectivity index (χ4v) is 4.19. The Labute approximate surface area is 220 Å². The van der Waals surface area contributed by atoms with Gasteiger partial charge in [0.1, 0.15) is 17.0 Å². The second-order valence-electron chi connectivity index (χ2n) is 9.72. The molecule has 200 valence electrons. The van der Waals surface area contributed by atoms with Crippen molar-refractivity contribution in [2.45, 2.75) is 39.2 Å². The van der Waals surface area contributed by atoms with Crippen molar-refractivity contribution in [2.24, 2.45) is 0 Å². The minimum atomic E-state index is -0.708. The number of carbonyl (C=O) groups excluding carboxylic acids is 2. The lowest BCUT2D eigenvalue weighted by Gasteiger charge is -2.20. The van der Waals surface area contributed by atoms with E-state index >= 15 is 0 Å². The number of unbranched alkanes of at least 4 members (excludes halogenated alkanes) is 1. The van der Waals surface area contributed by atoms with E-state index in [1.54, 1.807) is 31.0 Å². The third-order valence-corrected chi connectivity index (χ3v) is 5.85. The SMILES string of the molecule is COc1ccc(-c2nc(C(=O)NCCCCONO)cc3c4ccccc4n(C(=O)OC(C)(C)C)c23)cc1. The first kappa shape index (κ1) is 27.1. The van der Waals surface area contributed by atoms with E-state index in [2.05, 4.69) is 10.2 Å². The Bertz CT molecular complexity index is 1440. The first-order chi connectivity index (χ1) is 18.2. The summed E-state index contributed by atoms with van der Waals surface area (Å²) in [6.45, 7) is 6.16. The standard InChI is InChI=1S/C28H32N4O6/c1-28(2,3)38-27(34)32-23-10-6-5-9-20(23)21-17-22(26(33)29-15-7-8-16-37-31-35)30-24(25(21)32)18-11-13-19(36-4)14-12-18/h5-6,9-14,17,31,35H,7-8,15-16H2,1-4H3,(H,29,33). The van der Waals surface area contributed by atoms with Crippen LogP contribution in [0.1, 0.15) is 44.1 Å². The first-order valence-electron chi connectivity index (χ1n) is 12.3. The van der Waals surface area contributed by atoms with Crippen molar-refractivity contribution in [3.63, 3.8) is 0 Å². The number of carbonyl (C=O) groups is 2. The van der Waals surface area contributed by atoms with Crippen molar-refractivity contribution < 1.29 is 29.1 Å². The van der Waals surface area contributed by atoms with Gasteiger partial charge in [-0.1, -0.05) is 23.8 Å². The normalized spacial score (nSPS) is 11.6. The number of hydrogen-bond donors (Lipinski definition) is 3. The molecule has 0 atom stereocenters. The number of pyridine rings is 1. The number of ether oxygens (including phenoxy) is 2. The lowest BCUT2D eigenvalue weighted by Crippen LogP contribution is -2.27. The first-order valence-corrected chi connectivity index (χ1v) is 12.3. The van der Waals surface area contributed by atoms with Gasteiger partial charge >= 0.3 is 6.09 Å². The lowest BCUT2D eigenvalue weighted by atomic mass is 10.1. The van der Waals surface area contributed by atoms with Gasteiger partial charge in [-0.15, -0.1) is 0 Å². The third kappa shape index (κ3) is 5.94. The summed E-state index contributed by atoms with van der Waals surface area (Å²) in [5, 5.41) is 12.9. The Hall–Kier alpha value is -3.99. The van der Waals surface area contributed by atoms with Crippen molar-refractivity contribution in [2.75, 3.05) is 20.3 Å². The molecule has 10 heteroatoms. The highest BCUT2D eigenvalue weighted by molar-refractivity contribution is 6.17. The van der Waals surface area contributed by atoms with Gasteiger partial charge in [0.05, 0.1) is 30.4 Å². The average Bonchev–Trinajstić information content (AvgIpc) is 3.24. The van der Waals surface area contributed by atoms with Crippen molar-refractivity contribution in [1.82, 2.24) is 20.5 Å². The molecule has 2 aromatic carbocycles. The molecule has 0 fully saturated rings. The molecule has 0 aliphatic rings. The van der Waals surface area contributed by atoms with Crippen LogP contribution < -0.4 is 15.7 Å². The number of fused-ring (bicyclic) bond motifs is 3. The fourth-order valence-electron chi connectivity index (χ4n) is 4.19. The molecule has 0 bridgehead atoms. The molecule has 0 spiro atoms. The Morgan fingerprint density at radius 1 is 1.03 bits per heavy atom. The summed E-state index contributed by atoms with van der Waals surface area (Å²) in [5.41, 5.74) is 3.55. The van der Waals surface area contributed by atoms with Gasteiger partial charge in [0, 0.05) is 22.9 Å². The Kier molecular flexibility index (Phi) is 8.26. The highest BCUT2D eigenvalue weighted by atomic mass is 16.8. The molecule has 38 heavy (non-hydrogen) atoms. The van der Waals surface area contributed by atoms with E-state index in [1.807, 2.05) is 57.2 Å². The van der Waals surface area contributed by atoms with Crippen LogP contribution in [0.3, 0.4) is 0 Å². The Balaban J connectivity index is 1.86. The molecule has 4 rings (SSSR count). The van der Waals surface area contributed by atoms with E-state index in [9.17, 15) is 9.59 Å². The molecule has 2 heterocycles. The van der Waals surface area contributed by atoms with Crippen molar-refractivity contribution in [3.05, 3.63) is 60.3 Å². The number of aromatic nitrogens is 2. The van der Waals surface area contributed by atoms with Crippen LogP contribution in [0.4, 0.5) is 4.79 Å². The molecule has 0 aliphatic carbocycles. The van der Waals surface area contributed by atoms with Crippen LogP contribution in [0.15, 0.2) is 54.6 Å². The van der Waals surface area contributed by atoms with E-state index < -0.39 is 11.7 Å². The molecule has 0 saturated carbocycles. The van der Waals surface area contributed by atoms with Gasteiger partial charge in [0.25, 0.3) is 5.91 Å². The number of methoxy groups -OCH3 is 1. The summed E-state index contributed by atoms with van der Waals surface area (Å²) >= 11 is 0. The summed E-state index contributed by atoms with van der Waals surface area (Å²) in [6, 6.07) is 16.5. The van der Waals surface area contributed by atoms with Crippen molar-refractivity contribution in [3.8, 4) is 17.0 Å². The number of nitrogens with zero attached hydrogens (tertiary/aromatic N) is 2. The molecule has 2 aromatic heterocycles. The zero-order valence-electron chi connectivity index (χ0n) is 21.9. The number of amides is 1. The zero-order valence-corrected chi connectivity index (χ0v) is 21.9. The largest absolute Gasteiger partial charge is 0.497 e. The van der Waals surface area contributed by atoms with E-state index in [0.29, 0.717) is 59.4 Å². The molecule has 1 amide bonds. The minimum Gasteiger partial charge on any atom is -0.497 e. The maximum Gasteiger partial charge on any atom is 0.419 e. The number of para-hydroxylation sites is 1. The monoisotopic (exact) mass is 520 g/mol. The number of benzene rings is 2. The Morgan fingerprint density at radius 3 is 2.45 bits per heavy atom. The lowest BCUT2D eigenvalue weighted by molar-refractivity contribution is -0.127. The Morgan fingerprint density at radius 2 is 1.76 bits per heavy atom. The number of hydrogen-bond acceptors (Lipinski definition) is 8. The van der Waals surface area contributed by atoms with Gasteiger partial charge < -0.3 is 14.8 Å². The third-order valence-electron chi connectivity index (χ3n) is 5.85. The fraction of sp³-hybridized carbons (Fsp3) is 0.321. The summed E-state index contributed by atoms with van der Waals surface area (Å²) in [6.07, 6.45) is 0.761. The molecule has 0 saturated heterocycles. The molecule has 0 unspecified atom stereocenters. The van der Waals surface area contributed by atoms with E-state index in [0.717, 1.165) is 5.39 Å². The van der Waals surface area contributed by atoms with Gasteiger partial charge in [-0.2, -0.15) is 0 Å². The van der Waals surface area contributed by atoms with Gasteiger partial charge in [-0.3, -0.25) is 14.8 Å². The molecule has 0 radical (unpaired) electrons. The number of rotatable bonds is 9. The molecule has 4 aromatic rings. The predicted molar refractivity (Wildman–Crippen MR) is 143 cm³/mol. The highest BCUT2D eigenvalue weighted by Crippen LogP contribution is 2.36. The second kappa shape index (κ2) is 11.6. The maximum atomic E-state index is 13.5. The summed E-state index contributed by atoms with van der Waals surface area (Å²) in [4.78, 5) is 36.1. The average molecular weight is 521 g/mol. The summed E-state index contributed by atoms with van der Waals surface area (Å²) in [5.74, 6) is 0.337. The van der Waals surface area contributed by atoms with Crippen LogP contribution in [-0.2, 0) is 9.57 Å². The van der Waals surface area contributed by atoms with Crippen LogP contribution in [-0.4, -0.2) is 52.6 Å². The topological polar surface area (TPSA) is 124 Å². The maximum absolute atomic E-state index is 13.5. The minimum absolute atomic E-state index is 0.226. The molecule has 0 aliphatic heterocycles. The van der Waals surface area contributed by atoms with Gasteiger partial charge in [-0.25, -0.2) is 14.3 Å². The van der Waals surface area contributed by atoms with Crippen LogP contribution in [0.5, 0.6) is 5.75 Å². The zero-order chi connectivity index (χ0) is 27.3. The second-order valence-corrected chi connectivity index (χ2v) is 9.72. The molecule has 3 N–H and O–H groups in total. The van der Waals surface area contributed by atoms with Gasteiger partial charge in [-0.05, 0) is 70.0 Å². The molecular formula is C28H32N4O6. The smallest absolute Gasteiger partial charge is 0.419 e. The van der Waals surface area contributed by atoms with Gasteiger partial charge in [0.15, 0.2) is 0 Å². The van der Waals surface area contributed by atoms with E-state index in [4.69, 9.17) is 19.7 Å².